The molecular formula is C13H14N2. The third-order valence-electron chi connectivity index (χ3n) is 2.70. The third kappa shape index (κ3) is 2.26. The molecule has 0 saturated heterocycles. The highest BCUT2D eigenvalue weighted by Gasteiger charge is 2.11. The van der Waals surface area contributed by atoms with Crippen molar-refractivity contribution in [3.8, 4) is 6.07 Å². The minimum Gasteiger partial charge on any atom is -0.324 e. The highest BCUT2D eigenvalue weighted by Crippen LogP contribution is 2.24. The first-order valence-corrected chi connectivity index (χ1v) is 5.22. The molecule has 2 aliphatic carbocycles. The molecule has 2 N–H and O–H groups in total. The average molecular weight is 198 g/mol. The van der Waals surface area contributed by atoms with E-state index in [0.717, 1.165) is 12.8 Å². The summed E-state index contributed by atoms with van der Waals surface area (Å²) in [6.45, 7) is 0. The van der Waals surface area contributed by atoms with Crippen molar-refractivity contribution < 1.29 is 0 Å². The SMILES string of the molecule is N#CC1C=CC(C2=CC(N)CC=C2)=CC1. The topological polar surface area (TPSA) is 49.8 Å². The van der Waals surface area contributed by atoms with Crippen LogP contribution in [0.1, 0.15) is 12.8 Å². The summed E-state index contributed by atoms with van der Waals surface area (Å²) in [5.41, 5.74) is 8.22. The molecule has 0 saturated carbocycles. The van der Waals surface area contributed by atoms with Gasteiger partial charge in [0.2, 0.25) is 0 Å². The molecule has 0 aromatic rings. The van der Waals surface area contributed by atoms with Crippen LogP contribution in [0.5, 0.6) is 0 Å². The van der Waals surface area contributed by atoms with Gasteiger partial charge in [0.15, 0.2) is 0 Å². The zero-order chi connectivity index (χ0) is 10.7. The fourth-order valence-electron chi connectivity index (χ4n) is 1.83. The summed E-state index contributed by atoms with van der Waals surface area (Å²) in [5.74, 6) is 0.0376. The first-order valence-electron chi connectivity index (χ1n) is 5.22. The molecule has 2 nitrogen and oxygen atoms in total. The van der Waals surface area contributed by atoms with Crippen molar-refractivity contribution in [2.45, 2.75) is 18.9 Å². The van der Waals surface area contributed by atoms with Crippen LogP contribution in [0.2, 0.25) is 0 Å². The van der Waals surface area contributed by atoms with Gasteiger partial charge in [0.25, 0.3) is 0 Å². The summed E-state index contributed by atoms with van der Waals surface area (Å²) in [6, 6.07) is 2.37. The zero-order valence-corrected chi connectivity index (χ0v) is 8.56. The van der Waals surface area contributed by atoms with E-state index in [1.807, 2.05) is 12.2 Å². The molecule has 2 rings (SSSR count). The van der Waals surface area contributed by atoms with E-state index in [4.69, 9.17) is 11.0 Å². The van der Waals surface area contributed by atoms with Crippen molar-refractivity contribution in [3.63, 3.8) is 0 Å². The van der Waals surface area contributed by atoms with Crippen molar-refractivity contribution in [1.82, 2.24) is 0 Å². The molecule has 2 aliphatic rings. The van der Waals surface area contributed by atoms with Crippen LogP contribution in [0.15, 0.2) is 47.6 Å². The maximum atomic E-state index is 8.75. The number of nitrogens with zero attached hydrogens (tertiary/aromatic N) is 1. The van der Waals surface area contributed by atoms with Crippen LogP contribution in [-0.2, 0) is 0 Å². The summed E-state index contributed by atoms with van der Waals surface area (Å²) in [4.78, 5) is 0. The molecule has 15 heavy (non-hydrogen) atoms. The van der Waals surface area contributed by atoms with E-state index < -0.39 is 0 Å². The van der Waals surface area contributed by atoms with E-state index in [1.165, 1.54) is 11.1 Å². The number of nitriles is 1. The Labute approximate surface area is 90.1 Å². The predicted octanol–water partition coefficient (Wildman–Crippen LogP) is 2.23. The number of hydrogen-bond donors (Lipinski definition) is 1. The van der Waals surface area contributed by atoms with Crippen molar-refractivity contribution in [1.29, 1.82) is 5.26 Å². The van der Waals surface area contributed by atoms with Crippen LogP contribution in [0.25, 0.3) is 0 Å². The molecule has 2 heteroatoms. The van der Waals surface area contributed by atoms with Crippen LogP contribution in [0.3, 0.4) is 0 Å². The summed E-state index contributed by atoms with van der Waals surface area (Å²) < 4.78 is 0. The second kappa shape index (κ2) is 4.29. The first kappa shape index (κ1) is 9.95. The minimum absolute atomic E-state index is 0.0376. The normalized spacial score (nSPS) is 29.3. The summed E-state index contributed by atoms with van der Waals surface area (Å²) in [6.07, 6.45) is 14.1. The lowest BCUT2D eigenvalue weighted by molar-refractivity contribution is 0.810. The molecule has 2 unspecified atom stereocenters. The second-order valence-corrected chi connectivity index (χ2v) is 3.91. The Morgan fingerprint density at radius 3 is 2.73 bits per heavy atom. The lowest BCUT2D eigenvalue weighted by Gasteiger charge is -2.16. The van der Waals surface area contributed by atoms with Gasteiger partial charge in [-0.2, -0.15) is 5.26 Å². The quantitative estimate of drug-likeness (QED) is 0.702. The first-order chi connectivity index (χ1) is 7.29. The molecule has 76 valence electrons. The van der Waals surface area contributed by atoms with Crippen molar-refractivity contribution in [3.05, 3.63) is 47.6 Å². The molecule has 0 aromatic carbocycles. The largest absolute Gasteiger partial charge is 0.324 e. The smallest absolute Gasteiger partial charge is 0.0700 e. The standard InChI is InChI=1S/C13H14N2/c14-9-10-4-6-11(7-5-10)12-2-1-3-13(15)8-12/h1-2,4,6-8,10,13H,3,5,15H2. The molecule has 0 aromatic heterocycles. The Balaban J connectivity index is 2.15. The van der Waals surface area contributed by atoms with Gasteiger partial charge in [0.05, 0.1) is 12.0 Å². The fraction of sp³-hybridized carbons (Fsp3) is 0.308. The summed E-state index contributed by atoms with van der Waals surface area (Å²) in [5, 5.41) is 8.75. The molecule has 0 fully saturated rings. The van der Waals surface area contributed by atoms with E-state index >= 15 is 0 Å². The molecule has 0 amide bonds. The average Bonchev–Trinajstić information content (AvgIpc) is 2.29. The molecule has 0 heterocycles. The van der Waals surface area contributed by atoms with E-state index in [1.54, 1.807) is 0 Å². The van der Waals surface area contributed by atoms with E-state index in [9.17, 15) is 0 Å². The molecule has 0 bridgehead atoms. The highest BCUT2D eigenvalue weighted by molar-refractivity contribution is 5.50. The van der Waals surface area contributed by atoms with Gasteiger partial charge in [-0.1, -0.05) is 36.5 Å². The van der Waals surface area contributed by atoms with Crippen molar-refractivity contribution >= 4 is 0 Å². The molecule has 0 spiro atoms. The Morgan fingerprint density at radius 2 is 2.13 bits per heavy atom. The van der Waals surface area contributed by atoms with Crippen LogP contribution in [0.4, 0.5) is 0 Å². The van der Waals surface area contributed by atoms with Gasteiger partial charge in [-0.05, 0) is 24.0 Å². The van der Waals surface area contributed by atoms with Crippen molar-refractivity contribution in [2.24, 2.45) is 11.7 Å². The predicted molar refractivity (Wildman–Crippen MR) is 60.8 cm³/mol. The second-order valence-electron chi connectivity index (χ2n) is 3.91. The summed E-state index contributed by atoms with van der Waals surface area (Å²) >= 11 is 0. The van der Waals surface area contributed by atoms with Gasteiger partial charge < -0.3 is 5.73 Å². The van der Waals surface area contributed by atoms with Gasteiger partial charge in [0.1, 0.15) is 0 Å². The van der Waals surface area contributed by atoms with Gasteiger partial charge in [-0.3, -0.25) is 0 Å². The third-order valence-corrected chi connectivity index (χ3v) is 2.70. The number of allylic oxidation sites excluding steroid dienone is 6. The van der Waals surface area contributed by atoms with Crippen LogP contribution < -0.4 is 5.73 Å². The molecule has 0 radical (unpaired) electrons. The highest BCUT2D eigenvalue weighted by atomic mass is 14.6. The van der Waals surface area contributed by atoms with Crippen LogP contribution in [-0.4, -0.2) is 6.04 Å². The van der Waals surface area contributed by atoms with E-state index in [2.05, 4.69) is 30.4 Å². The maximum Gasteiger partial charge on any atom is 0.0700 e. The Kier molecular flexibility index (Phi) is 2.84. The van der Waals surface area contributed by atoms with Gasteiger partial charge in [-0.15, -0.1) is 0 Å². The Bertz CT molecular complexity index is 405. The zero-order valence-electron chi connectivity index (χ0n) is 8.56. The lowest BCUT2D eigenvalue weighted by Crippen LogP contribution is -2.18. The number of nitrogens with two attached hydrogens (primary N) is 1. The monoisotopic (exact) mass is 198 g/mol. The Hall–Kier alpha value is -1.59. The molecule has 0 aliphatic heterocycles. The van der Waals surface area contributed by atoms with E-state index in [-0.39, 0.29) is 12.0 Å². The van der Waals surface area contributed by atoms with Crippen LogP contribution >= 0.6 is 0 Å². The number of hydrogen-bond acceptors (Lipinski definition) is 2. The molecular weight excluding hydrogens is 184 g/mol. The lowest BCUT2D eigenvalue weighted by atomic mass is 9.90. The minimum atomic E-state index is 0.0376. The fourth-order valence-corrected chi connectivity index (χ4v) is 1.83. The summed E-state index contributed by atoms with van der Waals surface area (Å²) in [7, 11) is 0. The van der Waals surface area contributed by atoms with Crippen LogP contribution in [0, 0.1) is 17.2 Å². The number of rotatable bonds is 1. The Morgan fingerprint density at radius 1 is 1.27 bits per heavy atom. The van der Waals surface area contributed by atoms with E-state index in [0.29, 0.717) is 0 Å². The van der Waals surface area contributed by atoms with Crippen molar-refractivity contribution in [2.75, 3.05) is 0 Å². The maximum absolute atomic E-state index is 8.75. The van der Waals surface area contributed by atoms with Gasteiger partial charge in [-0.25, -0.2) is 0 Å². The molecule has 2 atom stereocenters. The van der Waals surface area contributed by atoms with Gasteiger partial charge >= 0.3 is 0 Å². The van der Waals surface area contributed by atoms with Gasteiger partial charge in [0, 0.05) is 6.04 Å².